The molecule has 6 aromatic carbocycles. The van der Waals surface area contributed by atoms with Gasteiger partial charge >= 0.3 is 19.5 Å². The molecule has 239 valence electrons. The maximum absolute atomic E-state index is 2.64. The van der Waals surface area contributed by atoms with Gasteiger partial charge in [-0.1, -0.05) is 97.9 Å². The first-order valence-electron chi connectivity index (χ1n) is 16.0. The first-order chi connectivity index (χ1) is 21.8. The van der Waals surface area contributed by atoms with Gasteiger partial charge < -0.3 is 14.9 Å². The fourth-order valence-electron chi connectivity index (χ4n) is 6.89. The Morgan fingerprint density at radius 3 is 1.28 bits per heavy atom. The molecule has 47 heavy (non-hydrogen) atoms. The third kappa shape index (κ3) is 8.10. The first-order valence-corrected chi connectivity index (χ1v) is 19.0. The Morgan fingerprint density at radius 1 is 0.426 bits per heavy atom. The van der Waals surface area contributed by atoms with Gasteiger partial charge in [0.05, 0.1) is 15.8 Å². The number of benzene rings is 6. The normalized spacial score (nSPS) is 12.0. The van der Waals surface area contributed by atoms with E-state index < -0.39 is 15.8 Å². The summed E-state index contributed by atoms with van der Waals surface area (Å²) in [5.41, 5.74) is 7.57. The summed E-state index contributed by atoms with van der Waals surface area (Å²) in [6.07, 6.45) is 5.33. The summed E-state index contributed by atoms with van der Waals surface area (Å²) in [5, 5.41) is 9.01. The van der Waals surface area contributed by atoms with Crippen LogP contribution in [0.3, 0.4) is 0 Å². The van der Waals surface area contributed by atoms with Crippen LogP contribution in [0.1, 0.15) is 34.7 Å². The van der Waals surface area contributed by atoms with Crippen LogP contribution in [-0.2, 0) is 51.6 Å². The molecule has 0 unspecified atom stereocenters. The summed E-state index contributed by atoms with van der Waals surface area (Å²) in [5.74, 6) is 0. The Morgan fingerprint density at radius 2 is 0.830 bits per heavy atom. The SMILES string of the molecule is CCc1cc2c([PH+](c3ccccc3)c3ccccc3)cc1CCc1ccc(cc1[PH+](c1ccccc1)c1ccccc1)CC2.[CH3-].[CH3-].[Rh+2]. The van der Waals surface area contributed by atoms with E-state index in [0.717, 1.165) is 32.1 Å². The summed E-state index contributed by atoms with van der Waals surface area (Å²) in [7, 11) is -2.28. The van der Waals surface area contributed by atoms with Crippen LogP contribution >= 0.6 is 15.8 Å². The molecule has 0 fully saturated rings. The third-order valence-electron chi connectivity index (χ3n) is 9.12. The van der Waals surface area contributed by atoms with Crippen molar-refractivity contribution in [1.82, 2.24) is 0 Å². The van der Waals surface area contributed by atoms with Gasteiger partial charge in [0.1, 0.15) is 31.8 Å². The maximum atomic E-state index is 2.64. The van der Waals surface area contributed by atoms with E-state index in [1.165, 1.54) is 49.0 Å². The number of rotatable bonds is 7. The van der Waals surface area contributed by atoms with Gasteiger partial charge in [-0.2, -0.15) is 0 Å². The van der Waals surface area contributed by atoms with Crippen LogP contribution in [0.15, 0.2) is 152 Å². The van der Waals surface area contributed by atoms with Crippen LogP contribution in [0.2, 0.25) is 0 Å². The maximum Gasteiger partial charge on any atom is 2.00 e. The van der Waals surface area contributed by atoms with Gasteiger partial charge in [-0.25, -0.2) is 0 Å². The molecule has 0 aromatic heterocycles. The molecule has 0 N–H and O–H groups in total. The molecule has 0 atom stereocenters. The van der Waals surface area contributed by atoms with Crippen molar-refractivity contribution in [2.45, 2.75) is 39.0 Å². The summed E-state index contributed by atoms with van der Waals surface area (Å²) < 4.78 is 0. The molecular weight excluding hydrogens is 693 g/mol. The van der Waals surface area contributed by atoms with Crippen molar-refractivity contribution in [2.75, 3.05) is 0 Å². The average Bonchev–Trinajstić information content (AvgIpc) is 3.08. The van der Waals surface area contributed by atoms with Crippen molar-refractivity contribution in [2.24, 2.45) is 0 Å². The van der Waals surface area contributed by atoms with Crippen LogP contribution in [0.4, 0.5) is 0 Å². The van der Waals surface area contributed by atoms with Crippen LogP contribution in [-0.4, -0.2) is 0 Å². The largest absolute Gasteiger partial charge is 2.00 e. The van der Waals surface area contributed by atoms with E-state index in [1.54, 1.807) is 10.6 Å². The molecule has 0 heterocycles. The predicted molar refractivity (Wildman–Crippen MR) is 210 cm³/mol. The predicted octanol–water partition coefficient (Wildman–Crippen LogP) is 8.01. The Balaban J connectivity index is 0.00000167. The molecule has 0 aliphatic heterocycles. The van der Waals surface area contributed by atoms with Crippen LogP contribution in [0.5, 0.6) is 0 Å². The zero-order chi connectivity index (χ0) is 29.7. The average molecular weight is 740 g/mol. The minimum atomic E-state index is -1.14. The third-order valence-corrected chi connectivity index (χ3v) is 14.8. The van der Waals surface area contributed by atoms with E-state index in [1.807, 2.05) is 0 Å². The molecule has 0 saturated carbocycles. The molecular formula is C44H46P2Rh+2. The molecule has 4 aliphatic rings. The molecule has 0 spiro atoms. The second-order valence-electron chi connectivity index (χ2n) is 11.8. The van der Waals surface area contributed by atoms with Gasteiger partial charge in [-0.3, -0.25) is 0 Å². The Kier molecular flexibility index (Phi) is 13.5. The van der Waals surface area contributed by atoms with Crippen LogP contribution in [0, 0.1) is 14.9 Å². The molecule has 4 aliphatic carbocycles. The van der Waals surface area contributed by atoms with E-state index in [4.69, 9.17) is 0 Å². The number of hydrogen-bond acceptors (Lipinski definition) is 0. The van der Waals surface area contributed by atoms with Gasteiger partial charge in [0.25, 0.3) is 0 Å². The summed E-state index contributed by atoms with van der Waals surface area (Å²) in [4.78, 5) is 0. The molecule has 0 nitrogen and oxygen atoms in total. The number of hydrogen-bond donors (Lipinski definition) is 0. The summed E-state index contributed by atoms with van der Waals surface area (Å²) in [6, 6.07) is 57.7. The van der Waals surface area contributed by atoms with Gasteiger partial charge in [0, 0.05) is 0 Å². The molecule has 6 aromatic rings. The van der Waals surface area contributed by atoms with E-state index in [0.29, 0.717) is 0 Å². The van der Waals surface area contributed by atoms with Crippen molar-refractivity contribution in [3.63, 3.8) is 0 Å². The van der Waals surface area contributed by atoms with E-state index in [2.05, 4.69) is 159 Å². The van der Waals surface area contributed by atoms with Crippen molar-refractivity contribution in [1.29, 1.82) is 0 Å². The second-order valence-corrected chi connectivity index (χ2v) is 16.7. The molecule has 1 radical (unpaired) electrons. The smallest absolute Gasteiger partial charge is 0.358 e. The topological polar surface area (TPSA) is 0 Å². The molecule has 0 saturated heterocycles. The minimum Gasteiger partial charge on any atom is -0.358 e. The fraction of sp³-hybridized carbons (Fsp3) is 0.136. The standard InChI is InChI=1S/C42H38P2.2CH3.Rh/c1-2-33-30-36-26-24-32-23-25-34(41(29-32)43(37-15-7-3-8-16-37)38-17-9-4-10-18-38)27-28-35(33)31-42(36)44(39-19-11-5-12-20-39)40-21-13-6-14-22-40;;;/h3-23,25,29-31H,2,24,26-28H2,1H3;2*1H3;/q;2*-1;+2/p+2. The first kappa shape index (κ1) is 36.6. The Labute approximate surface area is 299 Å². The zero-order valence-corrected chi connectivity index (χ0v) is 31.4. The van der Waals surface area contributed by atoms with Gasteiger partial charge in [-0.05, 0) is 121 Å². The van der Waals surface area contributed by atoms with Crippen molar-refractivity contribution in [3.05, 3.63) is 194 Å². The zero-order valence-electron chi connectivity index (χ0n) is 27.8. The molecule has 0 amide bonds. The quantitative estimate of drug-likeness (QED) is 0.0885. The van der Waals surface area contributed by atoms with Crippen molar-refractivity contribution < 1.29 is 19.5 Å². The Hall–Kier alpha value is -3.20. The summed E-state index contributed by atoms with van der Waals surface area (Å²) in [6.45, 7) is 2.33. The second kappa shape index (κ2) is 17.3. The minimum absolute atomic E-state index is 0. The van der Waals surface area contributed by atoms with E-state index in [-0.39, 0.29) is 34.3 Å². The van der Waals surface area contributed by atoms with Gasteiger partial charge in [-0.15, -0.1) is 0 Å². The fourth-order valence-corrected chi connectivity index (χ4v) is 12.6. The summed E-state index contributed by atoms with van der Waals surface area (Å²) >= 11 is 0. The monoisotopic (exact) mass is 739 g/mol. The van der Waals surface area contributed by atoms with E-state index in [9.17, 15) is 0 Å². The van der Waals surface area contributed by atoms with Crippen LogP contribution in [0.25, 0.3) is 0 Å². The van der Waals surface area contributed by atoms with E-state index >= 15 is 0 Å². The van der Waals surface area contributed by atoms with Crippen LogP contribution < -0.4 is 31.8 Å². The van der Waals surface area contributed by atoms with Crippen molar-refractivity contribution >= 4 is 47.7 Å². The molecule has 3 heteroatoms. The van der Waals surface area contributed by atoms with Gasteiger partial charge in [0.15, 0.2) is 0 Å². The Bertz CT molecular complexity index is 1760. The molecule has 10 rings (SSSR count). The molecule has 4 bridgehead atoms. The van der Waals surface area contributed by atoms with Crippen molar-refractivity contribution in [3.8, 4) is 0 Å². The van der Waals surface area contributed by atoms with Gasteiger partial charge in [0.2, 0.25) is 0 Å². The number of aryl methyl sites for hydroxylation is 5.